The second kappa shape index (κ2) is 7.43. The number of primary amides is 1. The van der Waals surface area contributed by atoms with Gasteiger partial charge >= 0.3 is 12.0 Å². The van der Waals surface area contributed by atoms with Crippen molar-refractivity contribution in [3.05, 3.63) is 16.1 Å². The lowest BCUT2D eigenvalue weighted by Crippen LogP contribution is -2.46. The molecule has 1 rings (SSSR count). The Labute approximate surface area is 119 Å². The van der Waals surface area contributed by atoms with E-state index in [4.69, 9.17) is 10.8 Å². The number of nitrogens with two attached hydrogens (primary N) is 1. The zero-order valence-corrected chi connectivity index (χ0v) is 11.7. The molecule has 1 aromatic rings. The predicted molar refractivity (Wildman–Crippen MR) is 72.1 cm³/mol. The van der Waals surface area contributed by atoms with Crippen molar-refractivity contribution in [2.24, 2.45) is 5.73 Å². The number of thiazole rings is 1. The molecule has 0 bridgehead atoms. The van der Waals surface area contributed by atoms with E-state index in [2.05, 4.69) is 15.6 Å². The van der Waals surface area contributed by atoms with E-state index in [0.29, 0.717) is 0 Å². The monoisotopic (exact) mass is 300 g/mol. The number of rotatable bonds is 7. The van der Waals surface area contributed by atoms with E-state index in [9.17, 15) is 14.4 Å². The summed E-state index contributed by atoms with van der Waals surface area (Å²) in [4.78, 5) is 38.1. The average molecular weight is 300 g/mol. The third-order valence-corrected chi connectivity index (χ3v) is 3.47. The van der Waals surface area contributed by atoms with Crippen LogP contribution in [0.2, 0.25) is 0 Å². The number of urea groups is 1. The fourth-order valence-corrected chi connectivity index (χ4v) is 2.13. The van der Waals surface area contributed by atoms with E-state index in [1.807, 2.05) is 6.92 Å². The molecule has 0 aliphatic carbocycles. The highest BCUT2D eigenvalue weighted by atomic mass is 32.1. The number of carbonyl (C=O) groups excluding carboxylic acids is 2. The smallest absolute Gasteiger partial charge is 0.326 e. The van der Waals surface area contributed by atoms with E-state index in [1.165, 1.54) is 11.3 Å². The highest BCUT2D eigenvalue weighted by Crippen LogP contribution is 2.11. The van der Waals surface area contributed by atoms with Crippen LogP contribution in [-0.2, 0) is 16.1 Å². The van der Waals surface area contributed by atoms with Gasteiger partial charge in [-0.2, -0.15) is 0 Å². The number of hydrogen-bond acceptors (Lipinski definition) is 5. The van der Waals surface area contributed by atoms with E-state index in [-0.39, 0.29) is 19.4 Å². The third-order valence-electron chi connectivity index (χ3n) is 2.54. The molecule has 1 atom stereocenters. The standard InChI is InChI=1S/C11H16N4O4S/c1-6-8(20-5-14-6)4-13-11(19)15-7(10(17)18)2-3-9(12)16/h5,7H,2-4H2,1H3,(H2,12,16)(H,17,18)(H2,13,15,19). The Morgan fingerprint density at radius 3 is 2.70 bits per heavy atom. The number of aromatic nitrogens is 1. The van der Waals surface area contributed by atoms with Crippen LogP contribution < -0.4 is 16.4 Å². The van der Waals surface area contributed by atoms with Crippen LogP contribution in [0.5, 0.6) is 0 Å². The lowest BCUT2D eigenvalue weighted by molar-refractivity contribution is -0.139. The molecule has 0 saturated carbocycles. The van der Waals surface area contributed by atoms with Gasteiger partial charge in [-0.15, -0.1) is 11.3 Å². The van der Waals surface area contributed by atoms with E-state index < -0.39 is 23.9 Å². The lowest BCUT2D eigenvalue weighted by atomic mass is 10.1. The molecule has 3 amide bonds. The summed E-state index contributed by atoms with van der Waals surface area (Å²) in [6, 6.07) is -1.76. The van der Waals surface area contributed by atoms with Gasteiger partial charge in [-0.3, -0.25) is 4.79 Å². The Kier molecular flexibility index (Phi) is 5.91. The maximum Gasteiger partial charge on any atom is 0.326 e. The van der Waals surface area contributed by atoms with Crippen molar-refractivity contribution in [2.45, 2.75) is 32.4 Å². The summed E-state index contributed by atoms with van der Waals surface area (Å²) in [5.41, 5.74) is 7.43. The van der Waals surface area contributed by atoms with Gasteiger partial charge in [0.1, 0.15) is 6.04 Å². The van der Waals surface area contributed by atoms with Crippen LogP contribution in [0.15, 0.2) is 5.51 Å². The Bertz CT molecular complexity index is 502. The minimum Gasteiger partial charge on any atom is -0.480 e. The van der Waals surface area contributed by atoms with Crippen molar-refractivity contribution in [3.63, 3.8) is 0 Å². The number of hydrogen-bond donors (Lipinski definition) is 4. The molecule has 5 N–H and O–H groups in total. The largest absolute Gasteiger partial charge is 0.480 e. The quantitative estimate of drug-likeness (QED) is 0.561. The molecule has 0 spiro atoms. The number of nitrogens with one attached hydrogen (secondary N) is 2. The normalized spacial score (nSPS) is 11.7. The van der Waals surface area contributed by atoms with Gasteiger partial charge in [-0.1, -0.05) is 0 Å². The molecule has 0 aliphatic rings. The maximum atomic E-state index is 11.6. The number of amides is 3. The summed E-state index contributed by atoms with van der Waals surface area (Å²) >= 11 is 1.40. The van der Waals surface area contributed by atoms with Crippen LogP contribution in [-0.4, -0.2) is 34.0 Å². The van der Waals surface area contributed by atoms with E-state index in [1.54, 1.807) is 5.51 Å². The first-order valence-electron chi connectivity index (χ1n) is 5.84. The third kappa shape index (κ3) is 5.22. The number of aryl methyl sites for hydroxylation is 1. The van der Waals surface area contributed by atoms with Gasteiger partial charge in [0.2, 0.25) is 5.91 Å². The molecule has 0 fully saturated rings. The van der Waals surface area contributed by atoms with Crippen LogP contribution in [0.3, 0.4) is 0 Å². The van der Waals surface area contributed by atoms with Crippen LogP contribution in [0.1, 0.15) is 23.4 Å². The molecule has 0 aromatic carbocycles. The number of carbonyl (C=O) groups is 3. The number of carboxylic acid groups (broad SMARTS) is 1. The second-order valence-electron chi connectivity index (χ2n) is 4.08. The van der Waals surface area contributed by atoms with Crippen LogP contribution in [0, 0.1) is 6.92 Å². The Hall–Kier alpha value is -2.16. The highest BCUT2D eigenvalue weighted by Gasteiger charge is 2.20. The number of nitrogens with zero attached hydrogens (tertiary/aromatic N) is 1. The molecular formula is C11H16N4O4S. The summed E-state index contributed by atoms with van der Waals surface area (Å²) < 4.78 is 0. The highest BCUT2D eigenvalue weighted by molar-refractivity contribution is 7.09. The predicted octanol–water partition coefficient (Wildman–Crippen LogP) is -0.0306. The fraction of sp³-hybridized carbons (Fsp3) is 0.455. The first kappa shape index (κ1) is 15.9. The van der Waals surface area contributed by atoms with Gasteiger partial charge in [-0.05, 0) is 13.3 Å². The Morgan fingerprint density at radius 1 is 1.50 bits per heavy atom. The number of aliphatic carboxylic acids is 1. The van der Waals surface area contributed by atoms with Gasteiger partial charge in [0.05, 0.1) is 17.7 Å². The summed E-state index contributed by atoms with van der Waals surface area (Å²) in [5.74, 6) is -1.82. The van der Waals surface area contributed by atoms with Crippen molar-refractivity contribution in [2.75, 3.05) is 0 Å². The minimum atomic E-state index is -1.21. The molecular weight excluding hydrogens is 284 g/mol. The average Bonchev–Trinajstić information content (AvgIpc) is 2.77. The van der Waals surface area contributed by atoms with Crippen molar-refractivity contribution < 1.29 is 19.5 Å². The SMILES string of the molecule is Cc1ncsc1CNC(=O)NC(CCC(N)=O)C(=O)O. The zero-order chi connectivity index (χ0) is 15.1. The molecule has 1 heterocycles. The minimum absolute atomic E-state index is 0.0440. The Morgan fingerprint density at radius 2 is 2.20 bits per heavy atom. The molecule has 0 radical (unpaired) electrons. The lowest BCUT2D eigenvalue weighted by Gasteiger charge is -2.14. The first-order chi connectivity index (χ1) is 9.40. The molecule has 8 nitrogen and oxygen atoms in total. The van der Waals surface area contributed by atoms with Crippen molar-refractivity contribution in [3.8, 4) is 0 Å². The summed E-state index contributed by atoms with van der Waals surface area (Å²) in [6.07, 6.45) is -0.150. The fourth-order valence-electron chi connectivity index (χ4n) is 1.41. The molecule has 110 valence electrons. The van der Waals surface area contributed by atoms with Crippen molar-refractivity contribution in [1.29, 1.82) is 0 Å². The first-order valence-corrected chi connectivity index (χ1v) is 6.72. The van der Waals surface area contributed by atoms with Crippen LogP contribution >= 0.6 is 11.3 Å². The summed E-state index contributed by atoms with van der Waals surface area (Å²) in [7, 11) is 0. The molecule has 1 unspecified atom stereocenters. The van der Waals surface area contributed by atoms with Gasteiger partial charge in [0.25, 0.3) is 0 Å². The van der Waals surface area contributed by atoms with Crippen LogP contribution in [0.4, 0.5) is 4.79 Å². The molecule has 0 aliphatic heterocycles. The Balaban J connectivity index is 2.43. The van der Waals surface area contributed by atoms with Crippen molar-refractivity contribution in [1.82, 2.24) is 15.6 Å². The van der Waals surface area contributed by atoms with Gasteiger partial charge in [-0.25, -0.2) is 14.6 Å². The maximum absolute atomic E-state index is 11.6. The number of carboxylic acids is 1. The molecule has 0 saturated heterocycles. The zero-order valence-electron chi connectivity index (χ0n) is 10.9. The summed E-state index contributed by atoms with van der Waals surface area (Å²) in [6.45, 7) is 2.09. The molecule has 1 aromatic heterocycles. The topological polar surface area (TPSA) is 134 Å². The van der Waals surface area contributed by atoms with E-state index >= 15 is 0 Å². The molecule has 9 heteroatoms. The van der Waals surface area contributed by atoms with E-state index in [0.717, 1.165) is 10.6 Å². The van der Waals surface area contributed by atoms with Crippen LogP contribution in [0.25, 0.3) is 0 Å². The van der Waals surface area contributed by atoms with Gasteiger partial charge < -0.3 is 21.5 Å². The molecule has 20 heavy (non-hydrogen) atoms. The van der Waals surface area contributed by atoms with Crippen molar-refractivity contribution >= 4 is 29.2 Å². The second-order valence-corrected chi connectivity index (χ2v) is 5.02. The van der Waals surface area contributed by atoms with Gasteiger partial charge in [0, 0.05) is 11.3 Å². The summed E-state index contributed by atoms with van der Waals surface area (Å²) in [5, 5.41) is 13.7. The van der Waals surface area contributed by atoms with Gasteiger partial charge in [0.15, 0.2) is 0 Å².